The molecule has 2 rings (SSSR count). The number of primary amides is 1. The van der Waals surface area contributed by atoms with Gasteiger partial charge >= 0.3 is 0 Å². The molecule has 5 N–H and O–H groups in total. The maximum absolute atomic E-state index is 11.5. The number of halogens is 1. The summed E-state index contributed by atoms with van der Waals surface area (Å²) in [5.41, 5.74) is 12.1. The molecule has 0 saturated carbocycles. The van der Waals surface area contributed by atoms with Crippen LogP contribution in [0.5, 0.6) is 0 Å². The lowest BCUT2D eigenvalue weighted by Crippen LogP contribution is -2.16. The third-order valence-electron chi connectivity index (χ3n) is 2.93. The fourth-order valence-electron chi connectivity index (χ4n) is 1.94. The number of nitrogen functional groups attached to an aromatic ring is 1. The Morgan fingerprint density at radius 2 is 2.10 bits per heavy atom. The van der Waals surface area contributed by atoms with Gasteiger partial charge in [0.25, 0.3) is 5.91 Å². The van der Waals surface area contributed by atoms with Crippen LogP contribution in [-0.2, 0) is 0 Å². The minimum atomic E-state index is -0.593. The van der Waals surface area contributed by atoms with Crippen LogP contribution in [0.25, 0.3) is 0 Å². The molecule has 0 fully saturated rings. The molecule has 5 nitrogen and oxygen atoms in total. The van der Waals surface area contributed by atoms with E-state index in [0.29, 0.717) is 16.4 Å². The zero-order valence-electron chi connectivity index (χ0n) is 11.2. The summed E-state index contributed by atoms with van der Waals surface area (Å²) in [6.07, 6.45) is 0. The molecular formula is C14H16ClN3O2. The first-order valence-corrected chi connectivity index (χ1v) is 6.48. The number of hydrogen-bond acceptors (Lipinski definition) is 4. The van der Waals surface area contributed by atoms with Crippen molar-refractivity contribution in [3.05, 3.63) is 46.4 Å². The highest BCUT2D eigenvalue weighted by atomic mass is 35.5. The lowest BCUT2D eigenvalue weighted by Gasteiger charge is -2.17. The quantitative estimate of drug-likeness (QED) is 0.755. The number of aryl methyl sites for hydroxylation is 1. The fraction of sp³-hybridized carbons (Fsp3) is 0.214. The zero-order chi connectivity index (χ0) is 14.9. The van der Waals surface area contributed by atoms with E-state index in [9.17, 15) is 4.79 Å². The predicted octanol–water partition coefficient (Wildman–Crippen LogP) is 3.10. The van der Waals surface area contributed by atoms with E-state index >= 15 is 0 Å². The SMILES string of the molecule is Cc1ccc(C(C)Nc2c(Cl)cc(N)cc2C(N)=O)o1. The number of benzene rings is 1. The van der Waals surface area contributed by atoms with Crippen molar-refractivity contribution in [2.45, 2.75) is 19.9 Å². The van der Waals surface area contributed by atoms with Crippen LogP contribution in [0.2, 0.25) is 5.02 Å². The van der Waals surface area contributed by atoms with Gasteiger partial charge in [0.2, 0.25) is 0 Å². The maximum atomic E-state index is 11.5. The Kier molecular flexibility index (Phi) is 3.90. The van der Waals surface area contributed by atoms with Crippen molar-refractivity contribution < 1.29 is 9.21 Å². The van der Waals surface area contributed by atoms with E-state index in [-0.39, 0.29) is 11.6 Å². The van der Waals surface area contributed by atoms with Gasteiger partial charge in [0, 0.05) is 5.69 Å². The molecule has 1 aromatic heterocycles. The van der Waals surface area contributed by atoms with Crippen LogP contribution in [0.1, 0.15) is 34.8 Å². The number of hydrogen-bond donors (Lipinski definition) is 3. The minimum Gasteiger partial charge on any atom is -0.464 e. The fourth-order valence-corrected chi connectivity index (χ4v) is 2.22. The summed E-state index contributed by atoms with van der Waals surface area (Å²) in [4.78, 5) is 11.5. The first-order chi connectivity index (χ1) is 9.38. The number of nitrogens with one attached hydrogen (secondary N) is 1. The van der Waals surface area contributed by atoms with E-state index in [4.69, 9.17) is 27.5 Å². The van der Waals surface area contributed by atoms with E-state index in [2.05, 4.69) is 5.32 Å². The molecule has 0 aliphatic carbocycles. The summed E-state index contributed by atoms with van der Waals surface area (Å²) in [5, 5.41) is 3.48. The number of amides is 1. The second-order valence-electron chi connectivity index (χ2n) is 4.60. The van der Waals surface area contributed by atoms with Crippen LogP contribution in [0.15, 0.2) is 28.7 Å². The van der Waals surface area contributed by atoms with E-state index in [0.717, 1.165) is 11.5 Å². The monoisotopic (exact) mass is 293 g/mol. The molecule has 0 bridgehead atoms. The Morgan fingerprint density at radius 1 is 1.40 bits per heavy atom. The van der Waals surface area contributed by atoms with Crippen molar-refractivity contribution in [2.24, 2.45) is 5.73 Å². The van der Waals surface area contributed by atoms with E-state index in [1.807, 2.05) is 26.0 Å². The Balaban J connectivity index is 2.35. The summed E-state index contributed by atoms with van der Waals surface area (Å²) in [6, 6.07) is 6.63. The zero-order valence-corrected chi connectivity index (χ0v) is 12.0. The van der Waals surface area contributed by atoms with Crippen molar-refractivity contribution in [3.8, 4) is 0 Å². The molecule has 1 atom stereocenters. The Labute approximate surface area is 121 Å². The van der Waals surface area contributed by atoms with E-state index < -0.39 is 5.91 Å². The molecule has 6 heteroatoms. The molecule has 1 aromatic carbocycles. The maximum Gasteiger partial charge on any atom is 0.250 e. The number of anilines is 2. The number of carbonyl (C=O) groups excluding carboxylic acids is 1. The molecule has 2 aromatic rings. The molecule has 1 unspecified atom stereocenters. The number of rotatable bonds is 4. The molecule has 1 heterocycles. The number of nitrogens with two attached hydrogens (primary N) is 2. The molecule has 0 spiro atoms. The second kappa shape index (κ2) is 5.46. The van der Waals surface area contributed by atoms with Gasteiger partial charge in [-0.1, -0.05) is 11.6 Å². The van der Waals surface area contributed by atoms with Gasteiger partial charge < -0.3 is 21.2 Å². The highest BCUT2D eigenvalue weighted by Gasteiger charge is 2.17. The van der Waals surface area contributed by atoms with Crippen LogP contribution in [0, 0.1) is 6.92 Å². The van der Waals surface area contributed by atoms with Crippen LogP contribution in [0.4, 0.5) is 11.4 Å². The lowest BCUT2D eigenvalue weighted by molar-refractivity contribution is 0.100. The highest BCUT2D eigenvalue weighted by molar-refractivity contribution is 6.34. The van der Waals surface area contributed by atoms with E-state index in [1.165, 1.54) is 6.07 Å². The Morgan fingerprint density at radius 3 is 2.65 bits per heavy atom. The molecule has 0 aliphatic rings. The predicted molar refractivity (Wildman–Crippen MR) is 79.9 cm³/mol. The third-order valence-corrected chi connectivity index (χ3v) is 3.22. The van der Waals surface area contributed by atoms with Gasteiger partial charge in [0.15, 0.2) is 0 Å². The summed E-state index contributed by atoms with van der Waals surface area (Å²) >= 11 is 6.13. The van der Waals surface area contributed by atoms with Gasteiger partial charge in [-0.05, 0) is 38.1 Å². The van der Waals surface area contributed by atoms with Crippen LogP contribution >= 0.6 is 11.6 Å². The van der Waals surface area contributed by atoms with Crippen LogP contribution in [0.3, 0.4) is 0 Å². The lowest BCUT2D eigenvalue weighted by atomic mass is 10.1. The normalized spacial score (nSPS) is 12.2. The molecule has 20 heavy (non-hydrogen) atoms. The van der Waals surface area contributed by atoms with Crippen LogP contribution < -0.4 is 16.8 Å². The van der Waals surface area contributed by atoms with Crippen molar-refractivity contribution in [1.82, 2.24) is 0 Å². The first kappa shape index (κ1) is 14.3. The second-order valence-corrected chi connectivity index (χ2v) is 5.01. The molecule has 0 radical (unpaired) electrons. The summed E-state index contributed by atoms with van der Waals surface area (Å²) in [5.74, 6) is 0.961. The topological polar surface area (TPSA) is 94.3 Å². The standard InChI is InChI=1S/C14H16ClN3O2/c1-7-3-4-12(20-7)8(2)18-13-10(14(17)19)5-9(16)6-11(13)15/h3-6,8,18H,16H2,1-2H3,(H2,17,19). The number of carbonyl (C=O) groups is 1. The van der Waals surface area contributed by atoms with Gasteiger partial charge in [0.1, 0.15) is 11.5 Å². The Bertz CT molecular complexity index is 652. The van der Waals surface area contributed by atoms with Crippen molar-refractivity contribution in [3.63, 3.8) is 0 Å². The molecule has 0 aliphatic heterocycles. The van der Waals surface area contributed by atoms with Gasteiger partial charge in [-0.25, -0.2) is 0 Å². The number of furan rings is 1. The van der Waals surface area contributed by atoms with Crippen LogP contribution in [-0.4, -0.2) is 5.91 Å². The summed E-state index contributed by atoms with van der Waals surface area (Å²) in [7, 11) is 0. The highest BCUT2D eigenvalue weighted by Crippen LogP contribution is 2.32. The van der Waals surface area contributed by atoms with E-state index in [1.54, 1.807) is 6.07 Å². The summed E-state index contributed by atoms with van der Waals surface area (Å²) < 4.78 is 5.53. The molecule has 106 valence electrons. The van der Waals surface area contributed by atoms with Crippen molar-refractivity contribution in [2.75, 3.05) is 11.1 Å². The average molecular weight is 294 g/mol. The minimum absolute atomic E-state index is 0.164. The summed E-state index contributed by atoms with van der Waals surface area (Å²) in [6.45, 7) is 3.76. The van der Waals surface area contributed by atoms with Gasteiger partial charge in [-0.3, -0.25) is 4.79 Å². The van der Waals surface area contributed by atoms with Crippen molar-refractivity contribution >= 4 is 28.9 Å². The molecule has 0 saturated heterocycles. The van der Waals surface area contributed by atoms with Crippen molar-refractivity contribution in [1.29, 1.82) is 0 Å². The molecular weight excluding hydrogens is 278 g/mol. The first-order valence-electron chi connectivity index (χ1n) is 6.10. The smallest absolute Gasteiger partial charge is 0.250 e. The third kappa shape index (κ3) is 2.88. The Hall–Kier alpha value is -2.14. The van der Waals surface area contributed by atoms with Gasteiger partial charge in [0.05, 0.1) is 22.3 Å². The largest absolute Gasteiger partial charge is 0.464 e. The average Bonchev–Trinajstić information content (AvgIpc) is 2.78. The van der Waals surface area contributed by atoms with Gasteiger partial charge in [-0.15, -0.1) is 0 Å². The molecule has 1 amide bonds. The van der Waals surface area contributed by atoms with Gasteiger partial charge in [-0.2, -0.15) is 0 Å².